The van der Waals surface area contributed by atoms with Crippen LogP contribution in [0.5, 0.6) is 0 Å². The van der Waals surface area contributed by atoms with E-state index in [4.69, 9.17) is 9.31 Å². The smallest absolute Gasteiger partial charge is 0.409 e. The minimum atomic E-state index is 0.470. The van der Waals surface area contributed by atoms with Crippen molar-refractivity contribution in [2.75, 3.05) is 0 Å². The molecule has 54 valence electrons. The summed E-state index contributed by atoms with van der Waals surface area (Å²) in [5, 5.41) is 0. The maximum absolute atomic E-state index is 5.48. The Hall–Kier alpha value is -0.0151. The molecule has 2 atom stereocenters. The zero-order valence-electron chi connectivity index (χ0n) is 5.95. The number of hydrogen-bond donors (Lipinski definition) is 0. The van der Waals surface area contributed by atoms with Gasteiger partial charge in [-0.05, 0) is 31.1 Å². The fourth-order valence-corrected chi connectivity index (χ4v) is 2.63. The van der Waals surface area contributed by atoms with Crippen LogP contribution in [-0.2, 0) is 9.31 Å². The molecule has 1 heterocycles. The average molecular weight is 138 g/mol. The van der Waals surface area contributed by atoms with Crippen LogP contribution < -0.4 is 0 Å². The topological polar surface area (TPSA) is 18.5 Å². The molecule has 0 N–H and O–H groups in total. The fourth-order valence-electron chi connectivity index (χ4n) is 2.63. The van der Waals surface area contributed by atoms with Crippen molar-refractivity contribution in [1.82, 2.24) is 0 Å². The van der Waals surface area contributed by atoms with Gasteiger partial charge < -0.3 is 9.31 Å². The second kappa shape index (κ2) is 1.77. The van der Waals surface area contributed by atoms with Crippen molar-refractivity contribution < 1.29 is 9.31 Å². The molecule has 0 spiro atoms. The molecule has 3 heteroatoms. The summed E-state index contributed by atoms with van der Waals surface area (Å²) in [4.78, 5) is 0. The maximum atomic E-state index is 5.48. The van der Waals surface area contributed by atoms with Gasteiger partial charge in [0.2, 0.25) is 0 Å². The van der Waals surface area contributed by atoms with Gasteiger partial charge in [0, 0.05) is 0 Å². The molecule has 10 heavy (non-hydrogen) atoms. The van der Waals surface area contributed by atoms with Crippen molar-refractivity contribution in [1.29, 1.82) is 0 Å². The average Bonchev–Trinajstić information content (AvgIpc) is 2.29. The molecule has 3 saturated carbocycles. The van der Waals surface area contributed by atoms with E-state index in [0.717, 1.165) is 11.8 Å². The van der Waals surface area contributed by atoms with Gasteiger partial charge in [0.05, 0.1) is 12.2 Å². The summed E-state index contributed by atoms with van der Waals surface area (Å²) in [7, 11) is 0.554. The van der Waals surface area contributed by atoms with Gasteiger partial charge in [0.15, 0.2) is 0 Å². The molecule has 4 aliphatic rings. The monoisotopic (exact) mass is 138 g/mol. The van der Waals surface area contributed by atoms with Gasteiger partial charge in [-0.3, -0.25) is 0 Å². The predicted molar refractivity (Wildman–Crippen MR) is 37.7 cm³/mol. The van der Waals surface area contributed by atoms with Crippen LogP contribution in [0, 0.1) is 11.8 Å². The first-order valence-electron chi connectivity index (χ1n) is 4.16. The molecule has 0 aromatic heterocycles. The highest BCUT2D eigenvalue weighted by Gasteiger charge is 2.49. The van der Waals surface area contributed by atoms with Crippen LogP contribution in [0.4, 0.5) is 0 Å². The van der Waals surface area contributed by atoms with Crippen LogP contribution in [0.15, 0.2) is 0 Å². The van der Waals surface area contributed by atoms with Crippen molar-refractivity contribution >= 4 is 7.69 Å². The normalized spacial score (nSPS) is 56.8. The van der Waals surface area contributed by atoms with Gasteiger partial charge in [-0.2, -0.15) is 0 Å². The summed E-state index contributed by atoms with van der Waals surface area (Å²) in [5.74, 6) is 1.83. The highest BCUT2D eigenvalue weighted by molar-refractivity contribution is 6.19. The lowest BCUT2D eigenvalue weighted by Gasteiger charge is -2.47. The molecule has 1 aliphatic heterocycles. The highest BCUT2D eigenvalue weighted by Crippen LogP contribution is 2.49. The van der Waals surface area contributed by atoms with Crippen LogP contribution in [0.25, 0.3) is 0 Å². The van der Waals surface area contributed by atoms with Crippen LogP contribution in [0.3, 0.4) is 0 Å². The Labute approximate surface area is 61.2 Å². The van der Waals surface area contributed by atoms with Crippen molar-refractivity contribution in [3.8, 4) is 0 Å². The Balaban J connectivity index is 1.84. The van der Waals surface area contributed by atoms with Crippen molar-refractivity contribution in [2.45, 2.75) is 31.5 Å². The molecule has 4 fully saturated rings. The maximum Gasteiger partial charge on any atom is 0.438 e. The zero-order valence-corrected chi connectivity index (χ0v) is 5.95. The fraction of sp³-hybridized carbons (Fsp3) is 1.00. The van der Waals surface area contributed by atoms with Gasteiger partial charge >= 0.3 is 7.69 Å². The van der Waals surface area contributed by atoms with E-state index in [1.54, 1.807) is 0 Å². The van der Waals surface area contributed by atoms with Gasteiger partial charge in [-0.15, -0.1) is 0 Å². The summed E-state index contributed by atoms with van der Waals surface area (Å²) in [6.45, 7) is 0. The minimum Gasteiger partial charge on any atom is -0.409 e. The summed E-state index contributed by atoms with van der Waals surface area (Å²) in [6.07, 6.45) is 5.03. The molecular weight excluding hydrogens is 127 g/mol. The van der Waals surface area contributed by atoms with Gasteiger partial charge in [-0.1, -0.05) is 0 Å². The van der Waals surface area contributed by atoms with E-state index in [-0.39, 0.29) is 0 Å². The molecule has 4 rings (SSSR count). The molecule has 0 aromatic carbocycles. The summed E-state index contributed by atoms with van der Waals surface area (Å²) < 4.78 is 10.9. The van der Waals surface area contributed by atoms with E-state index < -0.39 is 0 Å². The largest absolute Gasteiger partial charge is 0.438 e. The molecule has 2 nitrogen and oxygen atoms in total. The molecule has 0 radical (unpaired) electrons. The van der Waals surface area contributed by atoms with E-state index in [2.05, 4.69) is 0 Å². The Morgan fingerprint density at radius 3 is 2.80 bits per heavy atom. The lowest BCUT2D eigenvalue weighted by Crippen LogP contribution is -2.47. The first-order valence-corrected chi connectivity index (χ1v) is 4.16. The van der Waals surface area contributed by atoms with Crippen LogP contribution in [0.1, 0.15) is 19.3 Å². The lowest BCUT2D eigenvalue weighted by atomic mass is 9.63. The molecule has 0 amide bonds. The summed E-state index contributed by atoms with van der Waals surface area (Å²) in [6, 6.07) is 0. The Kier molecular flexibility index (Phi) is 0.994. The van der Waals surface area contributed by atoms with Gasteiger partial charge in [-0.25, -0.2) is 0 Å². The molecule has 0 aromatic rings. The molecule has 2 unspecified atom stereocenters. The number of rotatable bonds is 0. The third-order valence-corrected chi connectivity index (χ3v) is 3.21. The van der Waals surface area contributed by atoms with E-state index in [1.165, 1.54) is 19.3 Å². The van der Waals surface area contributed by atoms with Gasteiger partial charge in [0.25, 0.3) is 0 Å². The van der Waals surface area contributed by atoms with Crippen LogP contribution in [-0.4, -0.2) is 19.9 Å². The molecular formula is C7H11BO2. The van der Waals surface area contributed by atoms with Gasteiger partial charge in [0.1, 0.15) is 0 Å². The Morgan fingerprint density at radius 1 is 1.10 bits per heavy atom. The summed E-state index contributed by atoms with van der Waals surface area (Å²) >= 11 is 0. The van der Waals surface area contributed by atoms with Crippen molar-refractivity contribution in [3.05, 3.63) is 0 Å². The van der Waals surface area contributed by atoms with Crippen LogP contribution in [0.2, 0.25) is 0 Å². The standard InChI is InChI=1S/C7H11BO2/c1-4-2-5(1)7-6(3-4)9-8-10-7/h4-8H,1-3H2. The minimum absolute atomic E-state index is 0.470. The SMILES string of the molecule is B1OC2CC3CC(C3)C2O1. The third kappa shape index (κ3) is 0.577. The number of hydrogen-bond acceptors (Lipinski definition) is 2. The Morgan fingerprint density at radius 2 is 2.00 bits per heavy atom. The lowest BCUT2D eigenvalue weighted by molar-refractivity contribution is -0.0438. The van der Waals surface area contributed by atoms with E-state index in [1.807, 2.05) is 0 Å². The van der Waals surface area contributed by atoms with Crippen molar-refractivity contribution in [3.63, 3.8) is 0 Å². The first kappa shape index (κ1) is 5.61. The van der Waals surface area contributed by atoms with Crippen LogP contribution >= 0.6 is 0 Å². The molecule has 1 saturated heterocycles. The first-order chi connectivity index (χ1) is 4.93. The zero-order chi connectivity index (χ0) is 6.55. The molecule has 3 aliphatic carbocycles. The second-order valence-electron chi connectivity index (χ2n) is 3.79. The van der Waals surface area contributed by atoms with Crippen molar-refractivity contribution in [2.24, 2.45) is 11.8 Å². The quantitative estimate of drug-likeness (QED) is 0.453. The highest BCUT2D eigenvalue weighted by atomic mass is 16.6. The Bertz CT molecular complexity index is 156. The second-order valence-corrected chi connectivity index (χ2v) is 3.79. The van der Waals surface area contributed by atoms with E-state index in [0.29, 0.717) is 19.9 Å². The molecule has 2 bridgehead atoms. The van der Waals surface area contributed by atoms with E-state index >= 15 is 0 Å². The predicted octanol–water partition coefficient (Wildman–Crippen LogP) is 0.467. The third-order valence-electron chi connectivity index (χ3n) is 3.21. The van der Waals surface area contributed by atoms with E-state index in [9.17, 15) is 0 Å². The summed E-state index contributed by atoms with van der Waals surface area (Å²) in [5.41, 5.74) is 0.